The summed E-state index contributed by atoms with van der Waals surface area (Å²) in [5, 5.41) is 8.63. The fourth-order valence-corrected chi connectivity index (χ4v) is 0. The number of rotatable bonds is 1. The Morgan fingerprint density at radius 1 is 1.50 bits per heavy atom. The third-order valence-electron chi connectivity index (χ3n) is 0.0942. The summed E-state index contributed by atoms with van der Waals surface area (Å²) in [6, 6.07) is 0. The number of quaternary nitrogens is 2. The van der Waals surface area contributed by atoms with Gasteiger partial charge in [-0.2, -0.15) is 0 Å². The van der Waals surface area contributed by atoms with Crippen molar-refractivity contribution in [2.24, 2.45) is 0 Å². The second-order valence-electron chi connectivity index (χ2n) is 0.543. The summed E-state index contributed by atoms with van der Waals surface area (Å²) in [4.78, 5) is 16.3. The molecule has 0 aromatic rings. The Labute approximate surface area is 45.6 Å². The normalized spacial score (nSPS) is 14.9. The minimum absolute atomic E-state index is 0. The van der Waals surface area contributed by atoms with Crippen LogP contribution < -0.4 is 22.5 Å². The van der Waals surface area contributed by atoms with Crippen molar-refractivity contribution >= 4 is 7.82 Å². The highest BCUT2D eigenvalue weighted by Gasteiger charge is 1.86. The molecule has 0 rings (SSSR count). The lowest BCUT2D eigenvalue weighted by Crippen LogP contribution is -2.10. The summed E-state index contributed by atoms with van der Waals surface area (Å²) in [5.41, 5.74) is 0. The van der Waals surface area contributed by atoms with Gasteiger partial charge in [-0.05, 0) is 0 Å². The summed E-state index contributed by atoms with van der Waals surface area (Å²) in [7, 11) is -4.95. The van der Waals surface area contributed by atoms with E-state index in [4.69, 9.17) is 19.6 Å². The molecule has 7 nitrogen and oxygen atoms in total. The Hall–Kier alpha value is -0.0100. The maximum atomic E-state index is 9.05. The Bertz CT molecular complexity index is 74.5. The van der Waals surface area contributed by atoms with Gasteiger partial charge >= 0.3 is 0 Å². The van der Waals surface area contributed by atoms with Crippen LogP contribution in [0.15, 0.2) is 0 Å². The van der Waals surface area contributed by atoms with Gasteiger partial charge in [-0.15, -0.1) is 0 Å². The van der Waals surface area contributed by atoms with E-state index < -0.39 is 7.82 Å². The van der Waals surface area contributed by atoms with Crippen molar-refractivity contribution in [2.45, 2.75) is 0 Å². The Morgan fingerprint density at radius 2 is 1.62 bits per heavy atom. The SMILES string of the molecule is O=P([O-])(O)O[O-].[NH4+].[NH4+]. The van der Waals surface area contributed by atoms with Crippen LogP contribution >= 0.6 is 7.82 Å². The van der Waals surface area contributed by atoms with Crippen LogP contribution in [-0.2, 0) is 9.24 Å². The highest BCUT2D eigenvalue weighted by atomic mass is 31.2. The van der Waals surface area contributed by atoms with Crippen LogP contribution in [0.3, 0.4) is 0 Å². The van der Waals surface area contributed by atoms with Gasteiger partial charge in [-0.1, -0.05) is 0 Å². The molecule has 0 aromatic carbocycles. The fourth-order valence-electron chi connectivity index (χ4n) is 0. The van der Waals surface area contributed by atoms with E-state index in [-0.39, 0.29) is 12.3 Å². The zero-order valence-corrected chi connectivity index (χ0v) is 5.42. The van der Waals surface area contributed by atoms with E-state index in [1.807, 2.05) is 0 Å². The largest absolute Gasteiger partial charge is 0.757 e. The molecule has 0 saturated carbocycles. The van der Waals surface area contributed by atoms with Gasteiger partial charge in [0.15, 0.2) is 0 Å². The summed E-state index contributed by atoms with van der Waals surface area (Å²) in [6.07, 6.45) is 0. The lowest BCUT2D eigenvalue weighted by molar-refractivity contribution is -0.651. The molecule has 0 aromatic heterocycles. The highest BCUT2D eigenvalue weighted by Crippen LogP contribution is 2.25. The minimum Gasteiger partial charge on any atom is -0.757 e. The average molecular weight is 148 g/mol. The van der Waals surface area contributed by atoms with Crippen LogP contribution in [0.1, 0.15) is 0 Å². The molecule has 0 amide bonds. The van der Waals surface area contributed by atoms with E-state index in [0.29, 0.717) is 0 Å². The van der Waals surface area contributed by atoms with Crippen molar-refractivity contribution in [3.63, 3.8) is 0 Å². The van der Waals surface area contributed by atoms with Crippen molar-refractivity contribution in [3.8, 4) is 0 Å². The van der Waals surface area contributed by atoms with E-state index in [1.165, 1.54) is 0 Å². The number of hydrogen-bond donors (Lipinski definition) is 3. The molecule has 0 fully saturated rings. The molecule has 0 saturated heterocycles. The first-order valence-corrected chi connectivity index (χ1v) is 2.41. The number of hydrogen-bond acceptors (Lipinski definition) is 4. The van der Waals surface area contributed by atoms with Crippen molar-refractivity contribution in [2.75, 3.05) is 0 Å². The summed E-state index contributed by atoms with van der Waals surface area (Å²) >= 11 is 0. The van der Waals surface area contributed by atoms with Gasteiger partial charge in [-0.25, -0.2) is 0 Å². The van der Waals surface area contributed by atoms with E-state index >= 15 is 0 Å². The summed E-state index contributed by atoms with van der Waals surface area (Å²) < 4.78 is 11.3. The van der Waals surface area contributed by atoms with Gasteiger partial charge in [0.25, 0.3) is 7.82 Å². The predicted molar refractivity (Wildman–Crippen MR) is 22.9 cm³/mol. The fraction of sp³-hybridized carbons (Fsp3) is 0. The average Bonchev–Trinajstić information content (AvgIpc) is 1.35. The first-order chi connectivity index (χ1) is 2.56. The first-order valence-electron chi connectivity index (χ1n) is 0.914. The molecule has 0 aliphatic rings. The van der Waals surface area contributed by atoms with Crippen molar-refractivity contribution in [1.82, 2.24) is 12.3 Å². The third kappa shape index (κ3) is 16.7. The molecule has 9 N–H and O–H groups in total. The van der Waals surface area contributed by atoms with Crippen LogP contribution in [0.2, 0.25) is 0 Å². The molecule has 1 atom stereocenters. The Balaban J connectivity index is -0.000000125. The molecule has 0 spiro atoms. The minimum atomic E-state index is -4.95. The van der Waals surface area contributed by atoms with Crippen LogP contribution in [-0.4, -0.2) is 4.89 Å². The van der Waals surface area contributed by atoms with Crippen LogP contribution in [0, 0.1) is 0 Å². The maximum absolute atomic E-state index is 9.05. The highest BCUT2D eigenvalue weighted by molar-refractivity contribution is 7.44. The lowest BCUT2D eigenvalue weighted by Gasteiger charge is -2.17. The van der Waals surface area contributed by atoms with Crippen LogP contribution in [0.4, 0.5) is 0 Å². The van der Waals surface area contributed by atoms with Crippen LogP contribution in [0.5, 0.6) is 0 Å². The lowest BCUT2D eigenvalue weighted by atomic mass is 14.0. The molecule has 1 unspecified atom stereocenters. The molecule has 0 radical (unpaired) electrons. The maximum Gasteiger partial charge on any atom is 0.256 e. The zero-order chi connectivity index (χ0) is 5.21. The second-order valence-corrected chi connectivity index (χ2v) is 1.63. The molecule has 0 aliphatic carbocycles. The zero-order valence-electron chi connectivity index (χ0n) is 4.53. The molecule has 8 heteroatoms. The molecule has 0 bridgehead atoms. The van der Waals surface area contributed by atoms with Gasteiger partial charge in [0.2, 0.25) is 0 Å². The van der Waals surface area contributed by atoms with Gasteiger partial charge in [0.1, 0.15) is 0 Å². The van der Waals surface area contributed by atoms with Crippen molar-refractivity contribution in [1.29, 1.82) is 0 Å². The second kappa shape index (κ2) is 5.13. The molecular formula is H9N2O5P. The third-order valence-corrected chi connectivity index (χ3v) is 0.283. The van der Waals surface area contributed by atoms with Gasteiger partial charge in [0.05, 0.1) is 0 Å². The number of phosphoric acid groups is 1. The molecule has 0 aliphatic heterocycles. The summed E-state index contributed by atoms with van der Waals surface area (Å²) in [6.45, 7) is 0. The smallest absolute Gasteiger partial charge is 0.256 e. The quantitative estimate of drug-likeness (QED) is 0.233. The van der Waals surface area contributed by atoms with E-state index in [2.05, 4.69) is 4.67 Å². The molecular weight excluding hydrogens is 139 g/mol. The Morgan fingerprint density at radius 3 is 1.62 bits per heavy atom. The predicted octanol–water partition coefficient (Wildman–Crippen LogP) is -1.51. The van der Waals surface area contributed by atoms with Gasteiger partial charge in [-0.3, -0.25) is 4.57 Å². The first kappa shape index (κ1) is 15.7. The molecule has 0 heterocycles. The van der Waals surface area contributed by atoms with Crippen molar-refractivity contribution in [3.05, 3.63) is 0 Å². The van der Waals surface area contributed by atoms with E-state index in [0.717, 1.165) is 0 Å². The monoisotopic (exact) mass is 148 g/mol. The summed E-state index contributed by atoms with van der Waals surface area (Å²) in [5.74, 6) is 0. The van der Waals surface area contributed by atoms with E-state index in [1.54, 1.807) is 0 Å². The Kier molecular flexibility index (Phi) is 10.1. The van der Waals surface area contributed by atoms with Gasteiger partial charge < -0.3 is 32.0 Å². The standard InChI is InChI=1S/2H3N.H3O5P/c;;1-5-6(2,3)4/h2*1H3;1H,(H2,2,3,4). The van der Waals surface area contributed by atoms with Crippen LogP contribution in [0.25, 0.3) is 0 Å². The van der Waals surface area contributed by atoms with E-state index in [9.17, 15) is 0 Å². The van der Waals surface area contributed by atoms with Crippen molar-refractivity contribution < 1.29 is 24.3 Å². The molecule has 54 valence electrons. The van der Waals surface area contributed by atoms with Gasteiger partial charge in [0, 0.05) is 0 Å². The molecule has 8 heavy (non-hydrogen) atoms. The topological polar surface area (TPSA) is 166 Å².